The number of hydrogen-bond acceptors (Lipinski definition) is 2. The van der Waals surface area contributed by atoms with Gasteiger partial charge in [0.15, 0.2) is 0 Å². The molecule has 0 heterocycles. The first-order valence-electron chi connectivity index (χ1n) is 4.70. The zero-order chi connectivity index (χ0) is 11.3. The Morgan fingerprint density at radius 2 is 2.27 bits per heavy atom. The lowest BCUT2D eigenvalue weighted by atomic mass is 10.2. The Morgan fingerprint density at radius 3 is 2.87 bits per heavy atom. The van der Waals surface area contributed by atoms with Crippen molar-refractivity contribution in [2.45, 2.75) is 19.8 Å². The SMILES string of the molecule is Cc1ccc(OCCCC(=O)O)c(Br)c1. The first-order chi connectivity index (χ1) is 7.09. The van der Waals surface area contributed by atoms with Crippen LogP contribution in [-0.2, 0) is 4.79 Å². The maximum Gasteiger partial charge on any atom is 0.303 e. The predicted octanol–water partition coefficient (Wildman–Crippen LogP) is 3.00. The summed E-state index contributed by atoms with van der Waals surface area (Å²) in [5, 5.41) is 8.44. The number of halogens is 1. The standard InChI is InChI=1S/C11H13BrO3/c1-8-4-5-10(9(12)7-8)15-6-2-3-11(13)14/h4-5,7H,2-3,6H2,1H3,(H,13,14). The van der Waals surface area contributed by atoms with Gasteiger partial charge in [-0.2, -0.15) is 0 Å². The van der Waals surface area contributed by atoms with Crippen LogP contribution in [0.25, 0.3) is 0 Å². The molecule has 0 unspecified atom stereocenters. The minimum Gasteiger partial charge on any atom is -0.492 e. The molecule has 0 aromatic heterocycles. The van der Waals surface area contributed by atoms with E-state index in [0.29, 0.717) is 13.0 Å². The van der Waals surface area contributed by atoms with Crippen molar-refractivity contribution in [3.63, 3.8) is 0 Å². The number of carboxylic acids is 1. The maximum atomic E-state index is 10.3. The number of benzene rings is 1. The average molecular weight is 273 g/mol. The molecule has 82 valence electrons. The number of hydrogen-bond donors (Lipinski definition) is 1. The Balaban J connectivity index is 2.40. The lowest BCUT2D eigenvalue weighted by Crippen LogP contribution is -2.02. The predicted molar refractivity (Wildman–Crippen MR) is 61.2 cm³/mol. The van der Waals surface area contributed by atoms with Gasteiger partial charge in [0.05, 0.1) is 11.1 Å². The Bertz CT molecular complexity index is 350. The first kappa shape index (κ1) is 12.0. The van der Waals surface area contributed by atoms with Crippen molar-refractivity contribution in [1.29, 1.82) is 0 Å². The molecular formula is C11H13BrO3. The number of carboxylic acid groups (broad SMARTS) is 1. The van der Waals surface area contributed by atoms with E-state index in [9.17, 15) is 4.79 Å². The van der Waals surface area contributed by atoms with Gasteiger partial charge < -0.3 is 9.84 Å². The van der Waals surface area contributed by atoms with E-state index in [0.717, 1.165) is 15.8 Å². The quantitative estimate of drug-likeness (QED) is 0.839. The molecule has 4 heteroatoms. The molecular weight excluding hydrogens is 260 g/mol. The topological polar surface area (TPSA) is 46.5 Å². The highest BCUT2D eigenvalue weighted by Crippen LogP contribution is 2.25. The second-order valence-electron chi connectivity index (χ2n) is 3.28. The van der Waals surface area contributed by atoms with Gasteiger partial charge in [0, 0.05) is 6.42 Å². The van der Waals surface area contributed by atoms with Gasteiger partial charge in [0.25, 0.3) is 0 Å². The van der Waals surface area contributed by atoms with E-state index in [2.05, 4.69) is 15.9 Å². The number of aryl methyl sites for hydroxylation is 1. The first-order valence-corrected chi connectivity index (χ1v) is 5.49. The molecule has 0 aliphatic rings. The molecule has 3 nitrogen and oxygen atoms in total. The van der Waals surface area contributed by atoms with Gasteiger partial charge in [-0.15, -0.1) is 0 Å². The van der Waals surface area contributed by atoms with Crippen LogP contribution >= 0.6 is 15.9 Å². The van der Waals surface area contributed by atoms with Crippen molar-refractivity contribution in [2.24, 2.45) is 0 Å². The number of aliphatic carboxylic acids is 1. The van der Waals surface area contributed by atoms with Crippen LogP contribution < -0.4 is 4.74 Å². The molecule has 0 saturated carbocycles. The summed E-state index contributed by atoms with van der Waals surface area (Å²) in [5.74, 6) is -0.0347. The second kappa shape index (κ2) is 5.75. The summed E-state index contributed by atoms with van der Waals surface area (Å²) < 4.78 is 6.33. The van der Waals surface area contributed by atoms with Crippen molar-refractivity contribution in [2.75, 3.05) is 6.61 Å². The molecule has 0 fully saturated rings. The molecule has 0 radical (unpaired) electrons. The Morgan fingerprint density at radius 1 is 1.53 bits per heavy atom. The lowest BCUT2D eigenvalue weighted by molar-refractivity contribution is -0.137. The van der Waals surface area contributed by atoms with Crippen LogP contribution in [0, 0.1) is 6.92 Å². The molecule has 1 rings (SSSR count). The fourth-order valence-electron chi connectivity index (χ4n) is 1.13. The molecule has 1 N–H and O–H groups in total. The van der Waals surface area contributed by atoms with Gasteiger partial charge in [-0.1, -0.05) is 6.07 Å². The minimum absolute atomic E-state index is 0.142. The van der Waals surface area contributed by atoms with Crippen LogP contribution in [0.5, 0.6) is 5.75 Å². The molecule has 0 saturated heterocycles. The summed E-state index contributed by atoms with van der Waals surface area (Å²) >= 11 is 3.39. The molecule has 0 atom stereocenters. The highest BCUT2D eigenvalue weighted by Gasteiger charge is 2.01. The van der Waals surface area contributed by atoms with E-state index in [1.54, 1.807) is 0 Å². The van der Waals surface area contributed by atoms with Gasteiger partial charge in [0.1, 0.15) is 5.75 Å². The second-order valence-corrected chi connectivity index (χ2v) is 4.13. The van der Waals surface area contributed by atoms with Crippen LogP contribution in [-0.4, -0.2) is 17.7 Å². The van der Waals surface area contributed by atoms with Crippen molar-refractivity contribution in [3.05, 3.63) is 28.2 Å². The van der Waals surface area contributed by atoms with Crippen molar-refractivity contribution < 1.29 is 14.6 Å². The molecule has 1 aromatic rings. The normalized spacial score (nSPS) is 10.0. The number of carbonyl (C=O) groups is 1. The third-order valence-electron chi connectivity index (χ3n) is 1.88. The van der Waals surface area contributed by atoms with Crippen LogP contribution in [0.3, 0.4) is 0 Å². The van der Waals surface area contributed by atoms with Crippen LogP contribution in [0.4, 0.5) is 0 Å². The minimum atomic E-state index is -0.790. The third-order valence-corrected chi connectivity index (χ3v) is 2.50. The zero-order valence-corrected chi connectivity index (χ0v) is 10.1. The largest absolute Gasteiger partial charge is 0.492 e. The van der Waals surface area contributed by atoms with Crippen molar-refractivity contribution in [1.82, 2.24) is 0 Å². The zero-order valence-electron chi connectivity index (χ0n) is 8.50. The summed E-state index contributed by atoms with van der Waals surface area (Å²) in [5.41, 5.74) is 1.15. The van der Waals surface area contributed by atoms with Crippen molar-refractivity contribution >= 4 is 21.9 Å². The van der Waals surface area contributed by atoms with Gasteiger partial charge in [-0.25, -0.2) is 0 Å². The molecule has 0 spiro atoms. The fraction of sp³-hybridized carbons (Fsp3) is 0.364. The van der Waals surface area contributed by atoms with Crippen LogP contribution in [0.1, 0.15) is 18.4 Å². The number of rotatable bonds is 5. The molecule has 0 bridgehead atoms. The number of ether oxygens (including phenoxy) is 1. The average Bonchev–Trinajstić information content (AvgIpc) is 2.14. The highest BCUT2D eigenvalue weighted by molar-refractivity contribution is 9.10. The van der Waals surface area contributed by atoms with E-state index in [1.165, 1.54) is 0 Å². The summed E-state index contributed by atoms with van der Waals surface area (Å²) in [6.45, 7) is 2.42. The molecule has 0 aliphatic heterocycles. The van der Waals surface area contributed by atoms with E-state index in [4.69, 9.17) is 9.84 Å². The van der Waals surface area contributed by atoms with Crippen LogP contribution in [0.15, 0.2) is 22.7 Å². The van der Waals surface area contributed by atoms with Gasteiger partial charge >= 0.3 is 5.97 Å². The monoisotopic (exact) mass is 272 g/mol. The Labute approximate surface area is 97.2 Å². The lowest BCUT2D eigenvalue weighted by Gasteiger charge is -2.07. The third kappa shape index (κ3) is 4.34. The maximum absolute atomic E-state index is 10.3. The summed E-state index contributed by atoms with van der Waals surface area (Å²) in [6, 6.07) is 5.80. The van der Waals surface area contributed by atoms with Gasteiger partial charge in [0.2, 0.25) is 0 Å². The molecule has 0 amide bonds. The highest BCUT2D eigenvalue weighted by atomic mass is 79.9. The van der Waals surface area contributed by atoms with Crippen LogP contribution in [0.2, 0.25) is 0 Å². The van der Waals surface area contributed by atoms with Gasteiger partial charge in [-0.05, 0) is 47.0 Å². The summed E-state index contributed by atoms with van der Waals surface area (Å²) in [4.78, 5) is 10.3. The van der Waals surface area contributed by atoms with E-state index < -0.39 is 5.97 Å². The van der Waals surface area contributed by atoms with E-state index >= 15 is 0 Å². The fourth-order valence-corrected chi connectivity index (χ4v) is 1.74. The molecule has 15 heavy (non-hydrogen) atoms. The summed E-state index contributed by atoms with van der Waals surface area (Å²) in [7, 11) is 0. The smallest absolute Gasteiger partial charge is 0.303 e. The van der Waals surface area contributed by atoms with Gasteiger partial charge in [-0.3, -0.25) is 4.79 Å². The molecule has 1 aromatic carbocycles. The Hall–Kier alpha value is -1.03. The molecule has 0 aliphatic carbocycles. The van der Waals surface area contributed by atoms with E-state index in [-0.39, 0.29) is 6.42 Å². The Kier molecular flexibility index (Phi) is 4.62. The summed E-state index contributed by atoms with van der Waals surface area (Å²) in [6.07, 6.45) is 0.666. The van der Waals surface area contributed by atoms with E-state index in [1.807, 2.05) is 25.1 Å². The van der Waals surface area contributed by atoms with Crippen molar-refractivity contribution in [3.8, 4) is 5.75 Å².